The van der Waals surface area contributed by atoms with E-state index in [2.05, 4.69) is 0 Å². The molecule has 0 bridgehead atoms. The summed E-state index contributed by atoms with van der Waals surface area (Å²) in [7, 11) is 0. The highest BCUT2D eigenvalue weighted by Gasteiger charge is 2.39. The first-order valence-corrected chi connectivity index (χ1v) is 11.6. The summed E-state index contributed by atoms with van der Waals surface area (Å²) < 4.78 is 219. The third-order valence-electron chi connectivity index (χ3n) is 6.54. The Morgan fingerprint density at radius 3 is 1.67 bits per heavy atom. The Bertz CT molecular complexity index is 3120. The number of para-hydroxylation sites is 1. The molecule has 0 fully saturated rings. The molecule has 6 aromatic carbocycles. The Kier molecular flexibility index (Phi) is 2.00. The molecule has 1 nitrogen and oxygen atoms in total. The van der Waals surface area contributed by atoms with E-state index in [1.807, 2.05) is 0 Å². The maximum absolute atomic E-state index is 9.95. The molecule has 39 heavy (non-hydrogen) atoms. The van der Waals surface area contributed by atoms with Gasteiger partial charge in [0.05, 0.1) is 38.8 Å². The maximum Gasteiger partial charge on any atom is 0.129 e. The van der Waals surface area contributed by atoms with E-state index in [-0.39, 0.29) is 0 Å². The second-order valence-electron chi connectivity index (χ2n) is 8.57. The molecule has 0 N–H and O–H groups in total. The molecule has 0 spiro atoms. The Labute approximate surface area is 262 Å². The second kappa shape index (κ2) is 8.85. The van der Waals surface area contributed by atoms with Crippen molar-refractivity contribution < 1.29 is 37.6 Å². The van der Waals surface area contributed by atoms with Crippen molar-refractivity contribution in [1.82, 2.24) is 0 Å². The van der Waals surface area contributed by atoms with Crippen molar-refractivity contribution in [1.29, 1.82) is 0 Å². The van der Waals surface area contributed by atoms with Crippen LogP contribution in [0.15, 0.2) is 145 Å². The first-order valence-electron chi connectivity index (χ1n) is 23.6. The summed E-state index contributed by atoms with van der Waals surface area (Å²) in [6.45, 7) is 0. The summed E-state index contributed by atoms with van der Waals surface area (Å²) in [5.74, 6) is -2.31. The molecule has 2 atom stereocenters. The topological polar surface area (TPSA) is 9.23 Å². The van der Waals surface area contributed by atoms with Gasteiger partial charge in [-0.05, 0) is 73.1 Å². The zero-order chi connectivity index (χ0) is 46.6. The summed E-state index contributed by atoms with van der Waals surface area (Å²) >= 11 is 0. The fourth-order valence-electron chi connectivity index (χ4n) is 5.02. The van der Waals surface area contributed by atoms with Crippen LogP contribution in [-0.2, 0) is 0 Å². The van der Waals surface area contributed by atoms with Crippen LogP contribution in [0.2, 0.25) is 0 Å². The lowest BCUT2D eigenvalue weighted by molar-refractivity contribution is 0.272. The molecule has 1 aliphatic heterocycles. The van der Waals surface area contributed by atoms with Crippen molar-refractivity contribution >= 4 is 32.7 Å². The van der Waals surface area contributed by atoms with Gasteiger partial charge in [0.1, 0.15) is 11.9 Å². The summed E-state index contributed by atoms with van der Waals surface area (Å²) in [5, 5.41) is -2.66. The van der Waals surface area contributed by atoms with Gasteiger partial charge in [-0.1, -0.05) is 127 Å². The predicted molar refractivity (Wildman–Crippen MR) is 163 cm³/mol. The standard InChI is InChI=1S/C38H26O/c1-3-13-25(14-4-1)27-23-33(38-32-21-11-12-22-34(32)39-35(38)24-27)37-30-19-9-7-17-28(30)36(26-15-5-2-6-16-26)29-18-8-10-20-31(29)37/h1-24,35,38H/i1D,2D,3D,4D,5D,6D,7D,8D,9D,10D,11D,12D,13D,14D,15D,16D,17D,18D,19D,20D,21D,22D,23D,24D. The van der Waals surface area contributed by atoms with Crippen molar-refractivity contribution in [3.05, 3.63) is 162 Å². The average molecular weight is 523 g/mol. The Hall–Kier alpha value is -4.88. The second-order valence-corrected chi connectivity index (χ2v) is 8.57. The zero-order valence-electron chi connectivity index (χ0n) is 43.6. The molecular weight excluding hydrogens is 472 g/mol. The van der Waals surface area contributed by atoms with Crippen LogP contribution >= 0.6 is 0 Å². The van der Waals surface area contributed by atoms with E-state index in [4.69, 9.17) is 29.4 Å². The van der Waals surface area contributed by atoms with Crippen molar-refractivity contribution in [2.75, 3.05) is 0 Å². The van der Waals surface area contributed by atoms with Crippen LogP contribution in [0.25, 0.3) is 43.8 Å². The monoisotopic (exact) mass is 522 g/mol. The van der Waals surface area contributed by atoms with Gasteiger partial charge in [0.25, 0.3) is 0 Å². The predicted octanol–water partition coefficient (Wildman–Crippen LogP) is 9.69. The lowest BCUT2D eigenvalue weighted by atomic mass is 9.75. The van der Waals surface area contributed by atoms with Crippen molar-refractivity contribution in [2.24, 2.45) is 0 Å². The number of hydrogen-bond acceptors (Lipinski definition) is 1. The number of ether oxygens (including phenoxy) is 1. The highest BCUT2D eigenvalue weighted by atomic mass is 16.5. The Morgan fingerprint density at radius 2 is 1.03 bits per heavy atom. The van der Waals surface area contributed by atoms with Crippen molar-refractivity contribution in [3.8, 4) is 16.9 Å². The van der Waals surface area contributed by atoms with E-state index >= 15 is 0 Å². The number of allylic oxidation sites excluding steroid dienone is 2. The van der Waals surface area contributed by atoms with Gasteiger partial charge in [0, 0.05) is 5.56 Å². The van der Waals surface area contributed by atoms with E-state index in [0.29, 0.717) is 0 Å². The van der Waals surface area contributed by atoms with E-state index in [9.17, 15) is 8.22 Å². The normalized spacial score (nSPS) is 26.9. The molecule has 2 unspecified atom stereocenters. The van der Waals surface area contributed by atoms with E-state index in [1.165, 1.54) is 0 Å². The summed E-state index contributed by atoms with van der Waals surface area (Å²) in [5.41, 5.74) is -4.42. The van der Waals surface area contributed by atoms with Gasteiger partial charge in [-0.2, -0.15) is 0 Å². The highest BCUT2D eigenvalue weighted by molar-refractivity contribution is 6.19. The third-order valence-corrected chi connectivity index (χ3v) is 6.54. The van der Waals surface area contributed by atoms with Crippen LogP contribution in [-0.4, -0.2) is 6.10 Å². The van der Waals surface area contributed by atoms with Gasteiger partial charge in [0.15, 0.2) is 0 Å². The van der Waals surface area contributed by atoms with Crippen LogP contribution < -0.4 is 4.74 Å². The van der Waals surface area contributed by atoms with Gasteiger partial charge in [0.2, 0.25) is 0 Å². The number of rotatable bonds is 3. The minimum atomic E-state index is -1.84. The highest BCUT2D eigenvalue weighted by Crippen LogP contribution is 2.53. The van der Waals surface area contributed by atoms with Gasteiger partial charge in [-0.25, -0.2) is 0 Å². The number of benzene rings is 6. The van der Waals surface area contributed by atoms with Gasteiger partial charge >= 0.3 is 0 Å². The summed E-state index contributed by atoms with van der Waals surface area (Å²) in [6, 6.07) is -21.3. The van der Waals surface area contributed by atoms with Gasteiger partial charge in [-0.3, -0.25) is 0 Å². The average Bonchev–Trinajstić information content (AvgIpc) is 3.66. The van der Waals surface area contributed by atoms with E-state index < -0.39 is 223 Å². The molecule has 0 saturated heterocycles. The maximum atomic E-state index is 9.95. The number of fused-ring (bicyclic) bond motifs is 5. The molecule has 1 heterocycles. The van der Waals surface area contributed by atoms with Crippen LogP contribution in [0.4, 0.5) is 0 Å². The molecule has 0 saturated carbocycles. The molecular formula is C38H26O. The molecule has 0 radical (unpaired) electrons. The molecule has 1 heteroatoms. The smallest absolute Gasteiger partial charge is 0.129 e. The van der Waals surface area contributed by atoms with Gasteiger partial charge in [-0.15, -0.1) is 0 Å². The van der Waals surface area contributed by atoms with Crippen LogP contribution in [0.5, 0.6) is 5.75 Å². The first kappa shape index (κ1) is 8.83. The Balaban J connectivity index is 1.75. The van der Waals surface area contributed by atoms with Crippen molar-refractivity contribution in [2.45, 2.75) is 12.0 Å². The lowest BCUT2D eigenvalue weighted by Crippen LogP contribution is -2.21. The minimum Gasteiger partial charge on any atom is -0.485 e. The van der Waals surface area contributed by atoms with Crippen LogP contribution in [0.1, 0.15) is 55.5 Å². The SMILES string of the molecule is [2H]C1=C(c2c3c([2H])c([2H])c([2H])c([2H])c3c(-c3c([2H])c([2H])c([2H])c([2H])c3[2H])c3c([2H])c([2H])c([2H])c([2H])c23)C2c3c([2H])c([2H])c([2H])c([2H])c3OC2C([2H])=C1c1c([2H])c([2H])c([2H])c([2H])c1[2H]. The molecule has 1 aliphatic carbocycles. The molecule has 0 amide bonds. The van der Waals surface area contributed by atoms with E-state index in [0.717, 1.165) is 0 Å². The van der Waals surface area contributed by atoms with Crippen LogP contribution in [0.3, 0.4) is 0 Å². The van der Waals surface area contributed by atoms with Crippen LogP contribution in [0, 0.1) is 0 Å². The van der Waals surface area contributed by atoms with Crippen molar-refractivity contribution in [3.63, 3.8) is 0 Å². The van der Waals surface area contributed by atoms with Gasteiger partial charge < -0.3 is 4.74 Å². The summed E-state index contributed by atoms with van der Waals surface area (Å²) in [6.07, 6.45) is -1.84. The third kappa shape index (κ3) is 3.47. The number of hydrogen-bond donors (Lipinski definition) is 0. The Morgan fingerprint density at radius 1 is 0.513 bits per heavy atom. The molecule has 6 aromatic rings. The van der Waals surface area contributed by atoms with E-state index in [1.54, 1.807) is 0 Å². The quantitative estimate of drug-likeness (QED) is 0.210. The fourth-order valence-corrected chi connectivity index (χ4v) is 5.02. The summed E-state index contributed by atoms with van der Waals surface area (Å²) in [4.78, 5) is 0. The molecule has 8 rings (SSSR count). The lowest BCUT2D eigenvalue weighted by Gasteiger charge is -2.28. The molecule has 0 aromatic heterocycles. The largest absolute Gasteiger partial charge is 0.485 e. The minimum absolute atomic E-state index is 0.395. The molecule has 2 aliphatic rings. The fraction of sp³-hybridized carbons (Fsp3) is 0.0526. The zero-order valence-corrected chi connectivity index (χ0v) is 19.6. The first-order chi connectivity index (χ1) is 29.3. The molecule has 184 valence electrons.